The first-order chi connectivity index (χ1) is 14.8. The highest BCUT2D eigenvalue weighted by Crippen LogP contribution is 2.27. The molecule has 7 N–H and O–H groups in total. The van der Waals surface area contributed by atoms with Crippen LogP contribution in [0.15, 0.2) is 0 Å². The van der Waals surface area contributed by atoms with Crippen LogP contribution in [0.3, 0.4) is 0 Å². The largest absolute Gasteiger partial charge is 0.394 e. The Hall–Kier alpha value is -0.440. The molecule has 0 aromatic heterocycles. The molecule has 0 aromatic rings. The van der Waals surface area contributed by atoms with Crippen LogP contribution in [0, 0.1) is 0 Å². The normalized spacial score (nSPS) is 39.7. The van der Waals surface area contributed by atoms with Crippen LogP contribution in [0.5, 0.6) is 0 Å². The van der Waals surface area contributed by atoms with Gasteiger partial charge in [-0.15, -0.1) is 0 Å². The number of ether oxygens (including phenoxy) is 4. The van der Waals surface area contributed by atoms with E-state index in [4.69, 9.17) is 24.1 Å². The van der Waals surface area contributed by atoms with E-state index in [1.165, 1.54) is 6.42 Å². The van der Waals surface area contributed by atoms with Gasteiger partial charge in [-0.05, 0) is 6.42 Å². The third-order valence-corrected chi connectivity index (χ3v) is 5.70. The SMILES string of the molecule is CCCCCCCCO[C@@H]1O[C@H](CO[C@@H]2O[C@@H]([C@H](O)CO)[C@H](O)[C@H]2O)[C@@H](O)[C@H](O)[C@H]1O. The molecular formula is C20H38O11. The fraction of sp³-hybridized carbons (Fsp3) is 1.00. The summed E-state index contributed by atoms with van der Waals surface area (Å²) in [5.41, 5.74) is 0. The van der Waals surface area contributed by atoms with Crippen LogP contribution >= 0.6 is 0 Å². The minimum absolute atomic E-state index is 0.321. The van der Waals surface area contributed by atoms with E-state index in [1.807, 2.05) is 0 Å². The molecule has 0 aliphatic carbocycles. The van der Waals surface area contributed by atoms with Gasteiger partial charge in [-0.2, -0.15) is 0 Å². The van der Waals surface area contributed by atoms with Crippen LogP contribution in [0.25, 0.3) is 0 Å². The number of aliphatic hydroxyl groups is 7. The van der Waals surface area contributed by atoms with E-state index in [2.05, 4.69) is 6.92 Å². The van der Waals surface area contributed by atoms with Gasteiger partial charge >= 0.3 is 0 Å². The minimum Gasteiger partial charge on any atom is -0.394 e. The van der Waals surface area contributed by atoms with E-state index < -0.39 is 68.0 Å². The van der Waals surface area contributed by atoms with Gasteiger partial charge in [0.2, 0.25) is 0 Å². The Bertz CT molecular complexity index is 496. The van der Waals surface area contributed by atoms with Crippen molar-refractivity contribution in [2.24, 2.45) is 0 Å². The summed E-state index contributed by atoms with van der Waals surface area (Å²) in [7, 11) is 0. The zero-order chi connectivity index (χ0) is 23.0. The Balaban J connectivity index is 1.81. The molecule has 2 rings (SSSR count). The molecule has 0 amide bonds. The second kappa shape index (κ2) is 13.3. The first kappa shape index (κ1) is 26.8. The molecule has 10 atom stereocenters. The molecule has 0 aromatic carbocycles. The highest BCUT2D eigenvalue weighted by atomic mass is 16.7. The van der Waals surface area contributed by atoms with Crippen molar-refractivity contribution >= 4 is 0 Å². The van der Waals surface area contributed by atoms with E-state index in [9.17, 15) is 30.6 Å². The molecule has 11 heteroatoms. The molecule has 2 aliphatic heterocycles. The van der Waals surface area contributed by atoms with Crippen molar-refractivity contribution in [2.45, 2.75) is 107 Å². The van der Waals surface area contributed by atoms with Gasteiger partial charge in [-0.25, -0.2) is 0 Å². The number of hydrogen-bond donors (Lipinski definition) is 7. The number of aliphatic hydroxyl groups excluding tert-OH is 7. The van der Waals surface area contributed by atoms with Crippen LogP contribution in [0.2, 0.25) is 0 Å². The molecule has 2 saturated heterocycles. The molecule has 31 heavy (non-hydrogen) atoms. The molecule has 11 nitrogen and oxygen atoms in total. The summed E-state index contributed by atoms with van der Waals surface area (Å²) in [6, 6.07) is 0. The van der Waals surface area contributed by atoms with E-state index >= 15 is 0 Å². The monoisotopic (exact) mass is 454 g/mol. The zero-order valence-corrected chi connectivity index (χ0v) is 17.9. The molecule has 184 valence electrons. The summed E-state index contributed by atoms with van der Waals surface area (Å²) >= 11 is 0. The van der Waals surface area contributed by atoms with Crippen molar-refractivity contribution in [2.75, 3.05) is 19.8 Å². The summed E-state index contributed by atoms with van der Waals surface area (Å²) in [5, 5.41) is 69.0. The lowest BCUT2D eigenvalue weighted by Gasteiger charge is -2.40. The average Bonchev–Trinajstić information content (AvgIpc) is 3.05. The van der Waals surface area contributed by atoms with Crippen molar-refractivity contribution in [1.29, 1.82) is 0 Å². The molecule has 2 fully saturated rings. The Morgan fingerprint density at radius 2 is 1.35 bits per heavy atom. The molecule has 0 bridgehead atoms. The lowest BCUT2D eigenvalue weighted by Crippen LogP contribution is -2.59. The molecule has 0 saturated carbocycles. The standard InChI is InChI=1S/C20H38O11/c1-2-3-4-5-6-7-8-28-19-16(26)14(24)13(23)12(30-19)10-29-20-17(27)15(25)18(31-20)11(22)9-21/h11-27H,2-10H2,1H3/t11-,12-,13-,14+,15-,16-,17-,18+,19-,20-/m1/s1. The topological polar surface area (TPSA) is 179 Å². The Labute approximate surface area is 182 Å². The van der Waals surface area contributed by atoms with E-state index in [0.29, 0.717) is 6.61 Å². The lowest BCUT2D eigenvalue weighted by molar-refractivity contribution is -0.310. The maximum Gasteiger partial charge on any atom is 0.186 e. The molecule has 0 spiro atoms. The molecule has 2 heterocycles. The van der Waals surface area contributed by atoms with E-state index in [0.717, 1.165) is 32.1 Å². The van der Waals surface area contributed by atoms with Crippen molar-refractivity contribution in [3.8, 4) is 0 Å². The maximum absolute atomic E-state index is 10.2. The van der Waals surface area contributed by atoms with Gasteiger partial charge in [0.15, 0.2) is 12.6 Å². The summed E-state index contributed by atoms with van der Waals surface area (Å²) in [4.78, 5) is 0. The highest BCUT2D eigenvalue weighted by Gasteiger charge is 2.48. The van der Waals surface area contributed by atoms with Crippen LogP contribution in [-0.2, 0) is 18.9 Å². The number of rotatable bonds is 13. The Morgan fingerprint density at radius 3 is 2.03 bits per heavy atom. The summed E-state index contributed by atoms with van der Waals surface area (Å²) in [6.07, 6.45) is -7.35. The Kier molecular flexibility index (Phi) is 11.5. The summed E-state index contributed by atoms with van der Waals surface area (Å²) in [6.45, 7) is 1.44. The lowest BCUT2D eigenvalue weighted by atomic mass is 9.99. The van der Waals surface area contributed by atoms with E-state index in [1.54, 1.807) is 0 Å². The van der Waals surface area contributed by atoms with E-state index in [-0.39, 0.29) is 6.61 Å². The second-order valence-electron chi connectivity index (χ2n) is 8.19. The molecule has 0 radical (unpaired) electrons. The van der Waals surface area contributed by atoms with Crippen LogP contribution in [-0.4, -0.2) is 117 Å². The van der Waals surface area contributed by atoms with Gasteiger partial charge in [0, 0.05) is 6.61 Å². The quantitative estimate of drug-likeness (QED) is 0.153. The highest BCUT2D eigenvalue weighted by molar-refractivity contribution is 4.92. The van der Waals surface area contributed by atoms with Gasteiger partial charge in [-0.3, -0.25) is 0 Å². The summed E-state index contributed by atoms with van der Waals surface area (Å²) < 4.78 is 21.7. The van der Waals surface area contributed by atoms with Crippen molar-refractivity contribution in [3.63, 3.8) is 0 Å². The van der Waals surface area contributed by atoms with Gasteiger partial charge in [0.1, 0.15) is 48.8 Å². The van der Waals surface area contributed by atoms with Crippen LogP contribution in [0.4, 0.5) is 0 Å². The predicted molar refractivity (Wildman–Crippen MR) is 106 cm³/mol. The smallest absolute Gasteiger partial charge is 0.186 e. The first-order valence-corrected chi connectivity index (χ1v) is 11.0. The van der Waals surface area contributed by atoms with Gasteiger partial charge in [-0.1, -0.05) is 39.0 Å². The van der Waals surface area contributed by atoms with Gasteiger partial charge < -0.3 is 54.7 Å². The first-order valence-electron chi connectivity index (χ1n) is 11.0. The van der Waals surface area contributed by atoms with Gasteiger partial charge in [0.05, 0.1) is 13.2 Å². The predicted octanol–water partition coefficient (Wildman–Crippen LogP) is -2.01. The van der Waals surface area contributed by atoms with Crippen molar-refractivity contribution < 1.29 is 54.7 Å². The zero-order valence-electron chi connectivity index (χ0n) is 17.9. The third kappa shape index (κ3) is 7.27. The maximum atomic E-state index is 10.2. The second-order valence-corrected chi connectivity index (χ2v) is 8.19. The Morgan fingerprint density at radius 1 is 0.742 bits per heavy atom. The summed E-state index contributed by atoms with van der Waals surface area (Å²) in [5.74, 6) is 0. The molecule has 2 aliphatic rings. The number of unbranched alkanes of at least 4 members (excludes halogenated alkanes) is 5. The van der Waals surface area contributed by atoms with Crippen LogP contribution < -0.4 is 0 Å². The fourth-order valence-corrected chi connectivity index (χ4v) is 3.69. The van der Waals surface area contributed by atoms with Crippen molar-refractivity contribution in [1.82, 2.24) is 0 Å². The third-order valence-electron chi connectivity index (χ3n) is 5.70. The van der Waals surface area contributed by atoms with Gasteiger partial charge in [0.25, 0.3) is 0 Å². The fourth-order valence-electron chi connectivity index (χ4n) is 3.69. The molecule has 0 unspecified atom stereocenters. The average molecular weight is 455 g/mol. The van der Waals surface area contributed by atoms with Crippen LogP contribution in [0.1, 0.15) is 45.4 Å². The number of hydrogen-bond acceptors (Lipinski definition) is 11. The van der Waals surface area contributed by atoms with Crippen molar-refractivity contribution in [3.05, 3.63) is 0 Å². The minimum atomic E-state index is -1.53. The molecular weight excluding hydrogens is 416 g/mol.